The molecule has 0 aliphatic heterocycles. The quantitative estimate of drug-likeness (QED) is 0.684. The van der Waals surface area contributed by atoms with E-state index in [1.165, 1.54) is 26.7 Å². The molecule has 7 nitrogen and oxygen atoms in total. The van der Waals surface area contributed by atoms with Crippen LogP contribution >= 0.6 is 0 Å². The molecule has 0 saturated heterocycles. The monoisotopic (exact) mass is 405 g/mol. The average Bonchev–Trinajstić information content (AvgIpc) is 2.65. The Kier molecular flexibility index (Phi) is 7.04. The molecule has 0 unspecified atom stereocenters. The molecule has 0 atom stereocenters. The van der Waals surface area contributed by atoms with Crippen molar-refractivity contribution < 1.29 is 17.9 Å². The summed E-state index contributed by atoms with van der Waals surface area (Å²) in [5, 5.41) is 2.79. The van der Waals surface area contributed by atoms with E-state index >= 15 is 0 Å². The average molecular weight is 406 g/mol. The van der Waals surface area contributed by atoms with Crippen LogP contribution in [0.2, 0.25) is 0 Å². The molecule has 28 heavy (non-hydrogen) atoms. The first-order chi connectivity index (χ1) is 13.1. The Morgan fingerprint density at radius 1 is 1.04 bits per heavy atom. The number of rotatable bonds is 8. The third kappa shape index (κ3) is 5.24. The molecule has 0 aliphatic carbocycles. The lowest BCUT2D eigenvalue weighted by atomic mass is 10.1. The minimum Gasteiger partial charge on any atom is -0.491 e. The number of nitrogens with one attached hydrogen (secondary N) is 1. The van der Waals surface area contributed by atoms with Crippen molar-refractivity contribution >= 4 is 21.8 Å². The molecule has 152 valence electrons. The summed E-state index contributed by atoms with van der Waals surface area (Å²) in [7, 11) is 0.836. The number of ether oxygens (including phenoxy) is 1. The van der Waals surface area contributed by atoms with Crippen LogP contribution < -0.4 is 14.4 Å². The molecule has 8 heteroatoms. The smallest absolute Gasteiger partial charge is 0.303 e. The number of hydrogen-bond acceptors (Lipinski definition) is 4. The van der Waals surface area contributed by atoms with Crippen LogP contribution in [0.4, 0.5) is 5.69 Å². The Morgan fingerprint density at radius 2 is 1.68 bits per heavy atom. The molecule has 0 aliphatic rings. The zero-order chi connectivity index (χ0) is 20.9. The van der Waals surface area contributed by atoms with Crippen LogP contribution in [0.25, 0.3) is 0 Å². The fourth-order valence-electron chi connectivity index (χ4n) is 2.59. The lowest BCUT2D eigenvalue weighted by Gasteiger charge is -2.23. The van der Waals surface area contributed by atoms with Crippen molar-refractivity contribution in [3.63, 3.8) is 0 Å². The van der Waals surface area contributed by atoms with Gasteiger partial charge in [-0.1, -0.05) is 17.7 Å². The van der Waals surface area contributed by atoms with Crippen LogP contribution in [0.5, 0.6) is 5.75 Å². The predicted octanol–water partition coefficient (Wildman–Crippen LogP) is 2.35. The van der Waals surface area contributed by atoms with Gasteiger partial charge in [-0.25, -0.2) is 0 Å². The summed E-state index contributed by atoms with van der Waals surface area (Å²) in [6, 6.07) is 12.3. The van der Waals surface area contributed by atoms with Crippen molar-refractivity contribution in [3.8, 4) is 5.75 Å². The Balaban J connectivity index is 1.89. The van der Waals surface area contributed by atoms with Crippen LogP contribution in [0.15, 0.2) is 42.5 Å². The fraction of sp³-hybridized carbons (Fsp3) is 0.350. The first-order valence-electron chi connectivity index (χ1n) is 8.87. The molecule has 1 amide bonds. The highest BCUT2D eigenvalue weighted by Crippen LogP contribution is 2.19. The van der Waals surface area contributed by atoms with Crippen LogP contribution in [0, 0.1) is 13.8 Å². The summed E-state index contributed by atoms with van der Waals surface area (Å²) in [5.74, 6) is 0.559. The first-order valence-corrected chi connectivity index (χ1v) is 10.3. The van der Waals surface area contributed by atoms with Crippen molar-refractivity contribution in [3.05, 3.63) is 59.2 Å². The molecule has 2 rings (SSSR count). The maximum absolute atomic E-state index is 12.2. The van der Waals surface area contributed by atoms with E-state index in [0.29, 0.717) is 24.4 Å². The van der Waals surface area contributed by atoms with Crippen molar-refractivity contribution in [1.29, 1.82) is 0 Å². The summed E-state index contributed by atoms with van der Waals surface area (Å²) in [6.45, 7) is 4.73. The van der Waals surface area contributed by atoms with E-state index in [1.54, 1.807) is 24.3 Å². The van der Waals surface area contributed by atoms with E-state index in [1.807, 2.05) is 32.0 Å². The number of aryl methyl sites for hydroxylation is 2. The summed E-state index contributed by atoms with van der Waals surface area (Å²) in [6.07, 6.45) is 0. The highest BCUT2D eigenvalue weighted by Gasteiger charge is 2.21. The molecule has 0 spiro atoms. The van der Waals surface area contributed by atoms with Crippen molar-refractivity contribution in [2.45, 2.75) is 13.8 Å². The fourth-order valence-corrected chi connectivity index (χ4v) is 3.47. The Hall–Kier alpha value is -2.58. The molecule has 0 aromatic heterocycles. The third-order valence-electron chi connectivity index (χ3n) is 4.28. The van der Waals surface area contributed by atoms with E-state index < -0.39 is 10.2 Å². The SMILES string of the molecule is Cc1ccc(OCCNC(=O)c2ccc(N(C)S(=O)(=O)N(C)C)cc2)c(C)c1. The van der Waals surface area contributed by atoms with Crippen LogP contribution in [0.3, 0.4) is 0 Å². The standard InChI is InChI=1S/C20H27N3O4S/c1-15-6-11-19(16(2)14-15)27-13-12-21-20(24)17-7-9-18(10-8-17)23(5)28(25,26)22(3)4/h6-11,14H,12-13H2,1-5H3,(H,21,24). The number of hydrogen-bond donors (Lipinski definition) is 1. The Labute approximate surface area is 167 Å². The van der Waals surface area contributed by atoms with E-state index in [0.717, 1.165) is 19.9 Å². The van der Waals surface area contributed by atoms with E-state index in [4.69, 9.17) is 4.74 Å². The predicted molar refractivity (Wildman–Crippen MR) is 111 cm³/mol. The minimum absolute atomic E-state index is 0.242. The van der Waals surface area contributed by atoms with Gasteiger partial charge in [-0.15, -0.1) is 0 Å². The second kappa shape index (κ2) is 9.07. The van der Waals surface area contributed by atoms with E-state index in [2.05, 4.69) is 5.32 Å². The van der Waals surface area contributed by atoms with Gasteiger partial charge in [0.1, 0.15) is 12.4 Å². The largest absolute Gasteiger partial charge is 0.491 e. The zero-order valence-corrected chi connectivity index (χ0v) is 17.7. The highest BCUT2D eigenvalue weighted by atomic mass is 32.2. The number of amides is 1. The molecular weight excluding hydrogens is 378 g/mol. The van der Waals surface area contributed by atoms with Gasteiger partial charge in [0.25, 0.3) is 5.91 Å². The molecule has 0 heterocycles. The molecule has 2 aromatic rings. The maximum Gasteiger partial charge on any atom is 0.303 e. The van der Waals surface area contributed by atoms with E-state index in [-0.39, 0.29) is 5.91 Å². The third-order valence-corrected chi connectivity index (χ3v) is 6.10. The minimum atomic E-state index is -3.56. The van der Waals surface area contributed by atoms with Gasteiger partial charge in [-0.3, -0.25) is 9.10 Å². The molecule has 0 bridgehead atoms. The molecule has 0 radical (unpaired) electrons. The normalized spacial score (nSPS) is 11.4. The van der Waals surface area contributed by atoms with Crippen molar-refractivity contribution in [2.24, 2.45) is 0 Å². The summed E-state index contributed by atoms with van der Waals surface area (Å²) >= 11 is 0. The number of carbonyl (C=O) groups excluding carboxylic acids is 1. The van der Waals surface area contributed by atoms with Gasteiger partial charge < -0.3 is 10.1 Å². The van der Waals surface area contributed by atoms with Crippen LogP contribution in [0.1, 0.15) is 21.5 Å². The molecule has 1 N–H and O–H groups in total. The van der Waals surface area contributed by atoms with Gasteiger partial charge in [-0.05, 0) is 49.7 Å². The second-order valence-corrected chi connectivity index (χ2v) is 8.85. The number of benzene rings is 2. The Bertz CT molecular complexity index is 925. The molecule has 0 fully saturated rings. The van der Waals surface area contributed by atoms with Crippen molar-refractivity contribution in [1.82, 2.24) is 9.62 Å². The maximum atomic E-state index is 12.2. The molecule has 2 aromatic carbocycles. The van der Waals surface area contributed by atoms with Gasteiger partial charge in [-0.2, -0.15) is 12.7 Å². The van der Waals surface area contributed by atoms with Crippen LogP contribution in [-0.2, 0) is 10.2 Å². The lowest BCUT2D eigenvalue weighted by Crippen LogP contribution is -2.37. The molecule has 0 saturated carbocycles. The Morgan fingerprint density at radius 3 is 2.25 bits per heavy atom. The summed E-state index contributed by atoms with van der Waals surface area (Å²) < 4.78 is 32.3. The molecular formula is C20H27N3O4S. The summed E-state index contributed by atoms with van der Waals surface area (Å²) in [5.41, 5.74) is 3.15. The van der Waals surface area contributed by atoms with Crippen molar-refractivity contribution in [2.75, 3.05) is 38.6 Å². The second-order valence-electron chi connectivity index (χ2n) is 6.68. The van der Waals surface area contributed by atoms with Crippen LogP contribution in [-0.4, -0.2) is 52.9 Å². The zero-order valence-electron chi connectivity index (χ0n) is 16.9. The van der Waals surface area contributed by atoms with E-state index in [9.17, 15) is 13.2 Å². The number of nitrogens with zero attached hydrogens (tertiary/aromatic N) is 2. The topological polar surface area (TPSA) is 79.0 Å². The lowest BCUT2D eigenvalue weighted by molar-refractivity contribution is 0.0947. The van der Waals surface area contributed by atoms with Gasteiger partial charge in [0.2, 0.25) is 0 Å². The number of anilines is 1. The summed E-state index contributed by atoms with van der Waals surface area (Å²) in [4.78, 5) is 12.2. The van der Waals surface area contributed by atoms with Gasteiger partial charge in [0, 0.05) is 26.7 Å². The first kappa shape index (κ1) is 21.7. The number of carbonyl (C=O) groups is 1. The van der Waals surface area contributed by atoms with Gasteiger partial charge in [0.15, 0.2) is 0 Å². The van der Waals surface area contributed by atoms with Gasteiger partial charge in [0.05, 0.1) is 12.2 Å². The highest BCUT2D eigenvalue weighted by molar-refractivity contribution is 7.90. The van der Waals surface area contributed by atoms with Gasteiger partial charge >= 0.3 is 10.2 Å².